The summed E-state index contributed by atoms with van der Waals surface area (Å²) in [7, 11) is 0. The summed E-state index contributed by atoms with van der Waals surface area (Å²) in [6.07, 6.45) is 4.13. The first-order valence-corrected chi connectivity index (χ1v) is 10.2. The van der Waals surface area contributed by atoms with Crippen LogP contribution in [0.1, 0.15) is 37.1 Å². The van der Waals surface area contributed by atoms with E-state index in [0.29, 0.717) is 11.7 Å². The van der Waals surface area contributed by atoms with E-state index >= 15 is 0 Å². The highest BCUT2D eigenvalue weighted by molar-refractivity contribution is 5.79. The summed E-state index contributed by atoms with van der Waals surface area (Å²) in [6, 6.07) is 15.3. The fraction of sp³-hybridized carbons (Fsp3) is 0.250. The number of aromatic nitrogens is 3. The van der Waals surface area contributed by atoms with Crippen molar-refractivity contribution in [2.24, 2.45) is 0 Å². The predicted octanol–water partition coefficient (Wildman–Crippen LogP) is 4.80. The molecule has 0 spiro atoms. The molecular weight excluding hydrogens is 381 g/mol. The quantitative estimate of drug-likeness (QED) is 0.465. The van der Waals surface area contributed by atoms with Crippen molar-refractivity contribution in [2.75, 3.05) is 0 Å². The van der Waals surface area contributed by atoms with Crippen molar-refractivity contribution in [2.45, 2.75) is 38.8 Å². The molecule has 0 atom stereocenters. The number of pyridine rings is 1. The standard InChI is InChI=1S/C24H22FN3O2/c1-2-27-22-13-19(9-10-21(22)26-24(27)17-5-6-17)28-12-11-20(14-23(28)29)30-15-16-3-7-18(25)8-4-16/h3-4,7-14,17H,2,5-6,15H2,1H3. The summed E-state index contributed by atoms with van der Waals surface area (Å²) in [5, 5.41) is 0. The summed E-state index contributed by atoms with van der Waals surface area (Å²) in [6.45, 7) is 3.26. The average Bonchev–Trinajstić information content (AvgIpc) is 3.53. The largest absolute Gasteiger partial charge is 0.489 e. The molecule has 6 heteroatoms. The number of ether oxygens (including phenoxy) is 1. The van der Waals surface area contributed by atoms with E-state index in [1.165, 1.54) is 31.0 Å². The highest BCUT2D eigenvalue weighted by Crippen LogP contribution is 2.40. The number of halogens is 1. The summed E-state index contributed by atoms with van der Waals surface area (Å²) in [4.78, 5) is 17.5. The molecule has 0 radical (unpaired) electrons. The Kier molecular flexibility index (Phi) is 4.62. The van der Waals surface area contributed by atoms with Gasteiger partial charge in [0.2, 0.25) is 0 Å². The van der Waals surface area contributed by atoms with E-state index < -0.39 is 0 Å². The van der Waals surface area contributed by atoms with Crippen molar-refractivity contribution in [1.29, 1.82) is 0 Å². The molecular formula is C24H22FN3O2. The van der Waals surface area contributed by atoms with Gasteiger partial charge in [-0.2, -0.15) is 0 Å². The summed E-state index contributed by atoms with van der Waals surface area (Å²) in [5.74, 6) is 1.92. The third kappa shape index (κ3) is 3.49. The normalized spacial score (nSPS) is 13.7. The molecule has 5 rings (SSSR count). The lowest BCUT2D eigenvalue weighted by atomic mass is 10.2. The van der Waals surface area contributed by atoms with Gasteiger partial charge in [-0.1, -0.05) is 12.1 Å². The number of fused-ring (bicyclic) bond motifs is 1. The second kappa shape index (κ2) is 7.44. The fourth-order valence-corrected chi connectivity index (χ4v) is 3.78. The molecule has 0 bridgehead atoms. The lowest BCUT2D eigenvalue weighted by molar-refractivity contribution is 0.305. The van der Waals surface area contributed by atoms with E-state index in [2.05, 4.69) is 11.5 Å². The molecule has 152 valence electrons. The topological polar surface area (TPSA) is 49.0 Å². The van der Waals surface area contributed by atoms with Crippen LogP contribution in [-0.4, -0.2) is 14.1 Å². The molecule has 30 heavy (non-hydrogen) atoms. The first-order valence-electron chi connectivity index (χ1n) is 10.2. The van der Waals surface area contributed by atoms with Gasteiger partial charge in [0.05, 0.1) is 16.7 Å². The Hall–Kier alpha value is -3.41. The van der Waals surface area contributed by atoms with Crippen LogP contribution in [0.4, 0.5) is 4.39 Å². The lowest BCUT2D eigenvalue weighted by Crippen LogP contribution is -2.16. The second-order valence-electron chi connectivity index (χ2n) is 7.65. The van der Waals surface area contributed by atoms with Crippen LogP contribution in [-0.2, 0) is 13.2 Å². The Morgan fingerprint density at radius 3 is 2.60 bits per heavy atom. The van der Waals surface area contributed by atoms with Gasteiger partial charge in [0.25, 0.3) is 5.56 Å². The van der Waals surface area contributed by atoms with Crippen LogP contribution in [0.25, 0.3) is 16.7 Å². The molecule has 1 aliphatic rings. The van der Waals surface area contributed by atoms with Gasteiger partial charge in [0, 0.05) is 24.7 Å². The molecule has 0 aliphatic heterocycles. The smallest absolute Gasteiger partial charge is 0.258 e. The number of benzene rings is 2. The van der Waals surface area contributed by atoms with Crippen LogP contribution >= 0.6 is 0 Å². The molecule has 5 nitrogen and oxygen atoms in total. The third-order valence-corrected chi connectivity index (χ3v) is 5.51. The van der Waals surface area contributed by atoms with Crippen molar-refractivity contribution in [3.05, 3.63) is 88.4 Å². The lowest BCUT2D eigenvalue weighted by Gasteiger charge is -2.10. The second-order valence-corrected chi connectivity index (χ2v) is 7.65. The zero-order valence-corrected chi connectivity index (χ0v) is 16.7. The Morgan fingerprint density at radius 1 is 1.10 bits per heavy atom. The van der Waals surface area contributed by atoms with Crippen LogP contribution in [0.5, 0.6) is 5.75 Å². The highest BCUT2D eigenvalue weighted by Gasteiger charge is 2.29. The Morgan fingerprint density at radius 2 is 1.90 bits per heavy atom. The Bertz CT molecular complexity index is 1270. The van der Waals surface area contributed by atoms with Gasteiger partial charge in [-0.05, 0) is 61.7 Å². The van der Waals surface area contributed by atoms with Crippen molar-refractivity contribution in [3.63, 3.8) is 0 Å². The van der Waals surface area contributed by atoms with Crippen molar-refractivity contribution in [1.82, 2.24) is 14.1 Å². The van der Waals surface area contributed by atoms with E-state index in [-0.39, 0.29) is 18.0 Å². The minimum atomic E-state index is -0.285. The maximum Gasteiger partial charge on any atom is 0.258 e. The van der Waals surface area contributed by atoms with E-state index in [9.17, 15) is 9.18 Å². The molecule has 1 fully saturated rings. The maximum absolute atomic E-state index is 13.0. The zero-order chi connectivity index (χ0) is 20.7. The highest BCUT2D eigenvalue weighted by atomic mass is 19.1. The Labute approximate surface area is 173 Å². The van der Waals surface area contributed by atoms with Gasteiger partial charge in [0.15, 0.2) is 0 Å². The van der Waals surface area contributed by atoms with Gasteiger partial charge in [-0.3, -0.25) is 9.36 Å². The number of nitrogens with zero attached hydrogens (tertiary/aromatic N) is 3. The number of aryl methyl sites for hydroxylation is 1. The van der Waals surface area contributed by atoms with Crippen LogP contribution in [0, 0.1) is 5.82 Å². The summed E-state index contributed by atoms with van der Waals surface area (Å²) >= 11 is 0. The van der Waals surface area contributed by atoms with Crippen molar-refractivity contribution < 1.29 is 9.13 Å². The molecule has 0 N–H and O–H groups in total. The molecule has 0 saturated heterocycles. The van der Waals surface area contributed by atoms with E-state index in [4.69, 9.17) is 9.72 Å². The number of hydrogen-bond acceptors (Lipinski definition) is 3. The van der Waals surface area contributed by atoms with Crippen LogP contribution < -0.4 is 10.3 Å². The monoisotopic (exact) mass is 403 g/mol. The minimum Gasteiger partial charge on any atom is -0.489 e. The van der Waals surface area contributed by atoms with Crippen LogP contribution in [0.15, 0.2) is 65.6 Å². The van der Waals surface area contributed by atoms with Crippen LogP contribution in [0.2, 0.25) is 0 Å². The van der Waals surface area contributed by atoms with Crippen molar-refractivity contribution >= 4 is 11.0 Å². The van der Waals surface area contributed by atoms with Crippen molar-refractivity contribution in [3.8, 4) is 11.4 Å². The third-order valence-electron chi connectivity index (χ3n) is 5.51. The van der Waals surface area contributed by atoms with Gasteiger partial charge >= 0.3 is 0 Å². The molecule has 4 aromatic rings. The Balaban J connectivity index is 1.41. The molecule has 0 amide bonds. The number of hydrogen-bond donors (Lipinski definition) is 0. The summed E-state index contributed by atoms with van der Waals surface area (Å²) in [5.41, 5.74) is 3.49. The van der Waals surface area contributed by atoms with E-state index in [1.807, 2.05) is 18.2 Å². The van der Waals surface area contributed by atoms with E-state index in [1.54, 1.807) is 29.0 Å². The molecule has 2 aromatic heterocycles. The maximum atomic E-state index is 13.0. The number of rotatable bonds is 6. The van der Waals surface area contributed by atoms with E-state index in [0.717, 1.165) is 34.7 Å². The number of imidazole rings is 1. The SMILES string of the molecule is CCn1c(C2CC2)nc2ccc(-n3ccc(OCc4ccc(F)cc4)cc3=O)cc21. The van der Waals surface area contributed by atoms with Gasteiger partial charge in [0.1, 0.15) is 24.0 Å². The first kappa shape index (κ1) is 18.6. The molecule has 1 saturated carbocycles. The summed E-state index contributed by atoms with van der Waals surface area (Å²) < 4.78 is 22.6. The molecule has 2 aromatic carbocycles. The predicted molar refractivity (Wildman–Crippen MR) is 114 cm³/mol. The molecule has 0 unspecified atom stereocenters. The fourth-order valence-electron chi connectivity index (χ4n) is 3.78. The minimum absolute atomic E-state index is 0.170. The zero-order valence-electron chi connectivity index (χ0n) is 16.7. The van der Waals surface area contributed by atoms with Gasteiger partial charge in [-0.25, -0.2) is 9.37 Å². The average molecular weight is 403 g/mol. The molecule has 1 aliphatic carbocycles. The first-order chi connectivity index (χ1) is 14.6. The molecule has 2 heterocycles. The van der Waals surface area contributed by atoms with Crippen LogP contribution in [0.3, 0.4) is 0 Å². The van der Waals surface area contributed by atoms with Gasteiger partial charge < -0.3 is 9.30 Å². The van der Waals surface area contributed by atoms with Gasteiger partial charge in [-0.15, -0.1) is 0 Å².